The molecule has 0 radical (unpaired) electrons. The van der Waals surface area contributed by atoms with Crippen molar-refractivity contribution in [3.05, 3.63) is 29.8 Å². The zero-order valence-corrected chi connectivity index (χ0v) is 12.8. The van der Waals surface area contributed by atoms with Crippen LogP contribution in [0.15, 0.2) is 24.3 Å². The van der Waals surface area contributed by atoms with Crippen LogP contribution in [0, 0.1) is 0 Å². The lowest BCUT2D eigenvalue weighted by atomic mass is 10.0. The molecule has 3 rings (SSSR count). The highest BCUT2D eigenvalue weighted by Crippen LogP contribution is 2.30. The van der Waals surface area contributed by atoms with E-state index in [1.165, 1.54) is 56.7 Å². The highest BCUT2D eigenvalue weighted by molar-refractivity contribution is 5.55. The second-order valence-electron chi connectivity index (χ2n) is 6.20. The number of rotatable bonds is 3. The standard InChI is InChI=1S/C17H27N3/c1-14(18-2)16-8-3-4-9-17(16)20-12-6-11-19-10-5-7-15(19)13-20/h3-4,8-9,14-15,18H,5-7,10-13H2,1-2H3. The SMILES string of the molecule is CNC(C)c1ccccc1N1CCCN2CCCC2C1. The number of benzene rings is 1. The molecule has 1 aromatic carbocycles. The predicted molar refractivity (Wildman–Crippen MR) is 85.3 cm³/mol. The summed E-state index contributed by atoms with van der Waals surface area (Å²) in [7, 11) is 2.04. The van der Waals surface area contributed by atoms with Gasteiger partial charge in [-0.15, -0.1) is 0 Å². The largest absolute Gasteiger partial charge is 0.370 e. The average molecular weight is 273 g/mol. The fourth-order valence-electron chi connectivity index (χ4n) is 3.72. The normalized spacial score (nSPS) is 25.3. The predicted octanol–water partition coefficient (Wildman–Crippen LogP) is 2.64. The fourth-order valence-corrected chi connectivity index (χ4v) is 3.72. The molecule has 0 saturated carbocycles. The molecule has 3 nitrogen and oxygen atoms in total. The van der Waals surface area contributed by atoms with Gasteiger partial charge in [0.25, 0.3) is 0 Å². The molecule has 1 aromatic rings. The maximum Gasteiger partial charge on any atom is 0.0415 e. The molecule has 1 N–H and O–H groups in total. The molecule has 0 amide bonds. The zero-order valence-electron chi connectivity index (χ0n) is 12.8. The third-order valence-electron chi connectivity index (χ3n) is 4.98. The van der Waals surface area contributed by atoms with Crippen LogP contribution in [0.5, 0.6) is 0 Å². The first-order chi connectivity index (χ1) is 9.79. The highest BCUT2D eigenvalue weighted by atomic mass is 15.3. The Kier molecular flexibility index (Phi) is 4.27. The monoisotopic (exact) mass is 273 g/mol. The topological polar surface area (TPSA) is 18.5 Å². The lowest BCUT2D eigenvalue weighted by Gasteiger charge is -2.30. The Bertz CT molecular complexity index is 446. The van der Waals surface area contributed by atoms with Gasteiger partial charge in [-0.05, 0) is 51.4 Å². The summed E-state index contributed by atoms with van der Waals surface area (Å²) in [5.74, 6) is 0. The Labute approximate surface area is 123 Å². The number of nitrogens with one attached hydrogen (secondary N) is 1. The van der Waals surface area contributed by atoms with Crippen LogP contribution in [0.1, 0.15) is 37.8 Å². The summed E-state index contributed by atoms with van der Waals surface area (Å²) in [5, 5.41) is 3.39. The van der Waals surface area contributed by atoms with Gasteiger partial charge in [-0.1, -0.05) is 18.2 Å². The first kappa shape index (κ1) is 13.9. The molecule has 2 aliphatic rings. The summed E-state index contributed by atoms with van der Waals surface area (Å²) in [6.07, 6.45) is 4.05. The van der Waals surface area contributed by atoms with Gasteiger partial charge in [-0.2, -0.15) is 0 Å². The van der Waals surface area contributed by atoms with E-state index in [1.807, 2.05) is 7.05 Å². The molecule has 0 aliphatic carbocycles. The molecule has 2 fully saturated rings. The summed E-state index contributed by atoms with van der Waals surface area (Å²) in [5.41, 5.74) is 2.87. The number of hydrogen-bond donors (Lipinski definition) is 1. The van der Waals surface area contributed by atoms with Gasteiger partial charge < -0.3 is 10.2 Å². The van der Waals surface area contributed by atoms with Gasteiger partial charge in [0, 0.05) is 37.4 Å². The van der Waals surface area contributed by atoms with Gasteiger partial charge in [0.1, 0.15) is 0 Å². The van der Waals surface area contributed by atoms with Gasteiger partial charge in [-0.3, -0.25) is 4.90 Å². The first-order valence-corrected chi connectivity index (χ1v) is 8.05. The van der Waals surface area contributed by atoms with E-state index in [0.29, 0.717) is 6.04 Å². The summed E-state index contributed by atoms with van der Waals surface area (Å²) in [6, 6.07) is 10.1. The average Bonchev–Trinajstić information content (AvgIpc) is 2.83. The molecule has 2 aliphatic heterocycles. The third kappa shape index (κ3) is 2.70. The molecule has 2 atom stereocenters. The van der Waals surface area contributed by atoms with E-state index in [4.69, 9.17) is 0 Å². The van der Waals surface area contributed by atoms with Crippen LogP contribution in [0.2, 0.25) is 0 Å². The van der Waals surface area contributed by atoms with Gasteiger partial charge in [0.15, 0.2) is 0 Å². The Hall–Kier alpha value is -1.06. The second-order valence-corrected chi connectivity index (χ2v) is 6.20. The van der Waals surface area contributed by atoms with Crippen molar-refractivity contribution in [1.82, 2.24) is 10.2 Å². The van der Waals surface area contributed by atoms with Crippen molar-refractivity contribution >= 4 is 5.69 Å². The van der Waals surface area contributed by atoms with Crippen LogP contribution < -0.4 is 10.2 Å². The zero-order chi connectivity index (χ0) is 13.9. The molecule has 3 heteroatoms. The number of anilines is 1. The van der Waals surface area contributed by atoms with E-state index >= 15 is 0 Å². The first-order valence-electron chi connectivity index (χ1n) is 8.05. The molecular weight excluding hydrogens is 246 g/mol. The summed E-state index contributed by atoms with van der Waals surface area (Å²) in [6.45, 7) is 7.24. The number of fused-ring (bicyclic) bond motifs is 1. The number of hydrogen-bond acceptors (Lipinski definition) is 3. The second kappa shape index (κ2) is 6.15. The summed E-state index contributed by atoms with van der Waals surface area (Å²) >= 11 is 0. The maximum absolute atomic E-state index is 3.39. The van der Waals surface area contributed by atoms with E-state index in [0.717, 1.165) is 6.04 Å². The third-order valence-corrected chi connectivity index (χ3v) is 4.98. The van der Waals surface area contributed by atoms with Crippen LogP contribution >= 0.6 is 0 Å². The Balaban J connectivity index is 1.84. The van der Waals surface area contributed by atoms with E-state index in [1.54, 1.807) is 0 Å². The molecular formula is C17H27N3. The van der Waals surface area contributed by atoms with Crippen molar-refractivity contribution in [3.63, 3.8) is 0 Å². The minimum absolute atomic E-state index is 0.411. The Morgan fingerprint density at radius 3 is 2.80 bits per heavy atom. The molecule has 0 spiro atoms. The molecule has 2 heterocycles. The Morgan fingerprint density at radius 1 is 1.15 bits per heavy atom. The van der Waals surface area contributed by atoms with Crippen LogP contribution in [0.4, 0.5) is 5.69 Å². The van der Waals surface area contributed by atoms with Crippen molar-refractivity contribution < 1.29 is 0 Å². The van der Waals surface area contributed by atoms with Gasteiger partial charge >= 0.3 is 0 Å². The maximum atomic E-state index is 3.39. The van der Waals surface area contributed by atoms with Crippen molar-refractivity contribution in [2.24, 2.45) is 0 Å². The van der Waals surface area contributed by atoms with Crippen LogP contribution in [-0.4, -0.2) is 44.2 Å². The lowest BCUT2D eigenvalue weighted by Crippen LogP contribution is -2.37. The molecule has 2 unspecified atom stereocenters. The van der Waals surface area contributed by atoms with Crippen LogP contribution in [0.25, 0.3) is 0 Å². The van der Waals surface area contributed by atoms with Gasteiger partial charge in [-0.25, -0.2) is 0 Å². The minimum Gasteiger partial charge on any atom is -0.370 e. The molecule has 0 bridgehead atoms. The van der Waals surface area contributed by atoms with E-state index in [-0.39, 0.29) is 0 Å². The van der Waals surface area contributed by atoms with Crippen LogP contribution in [-0.2, 0) is 0 Å². The Morgan fingerprint density at radius 2 is 1.95 bits per heavy atom. The van der Waals surface area contributed by atoms with Crippen molar-refractivity contribution in [2.45, 2.75) is 38.3 Å². The van der Waals surface area contributed by atoms with E-state index in [2.05, 4.69) is 46.3 Å². The summed E-state index contributed by atoms with van der Waals surface area (Å²) < 4.78 is 0. The van der Waals surface area contributed by atoms with Gasteiger partial charge in [0.05, 0.1) is 0 Å². The fraction of sp³-hybridized carbons (Fsp3) is 0.647. The number of para-hydroxylation sites is 1. The van der Waals surface area contributed by atoms with Gasteiger partial charge in [0.2, 0.25) is 0 Å². The van der Waals surface area contributed by atoms with E-state index in [9.17, 15) is 0 Å². The van der Waals surface area contributed by atoms with Crippen molar-refractivity contribution in [3.8, 4) is 0 Å². The molecule has 110 valence electrons. The smallest absolute Gasteiger partial charge is 0.0415 e. The van der Waals surface area contributed by atoms with Crippen molar-refractivity contribution in [2.75, 3.05) is 38.1 Å². The lowest BCUT2D eigenvalue weighted by molar-refractivity contribution is 0.273. The molecule has 20 heavy (non-hydrogen) atoms. The summed E-state index contributed by atoms with van der Waals surface area (Å²) in [4.78, 5) is 5.32. The minimum atomic E-state index is 0.411. The van der Waals surface area contributed by atoms with Crippen molar-refractivity contribution in [1.29, 1.82) is 0 Å². The quantitative estimate of drug-likeness (QED) is 0.913. The number of nitrogens with zero attached hydrogens (tertiary/aromatic N) is 2. The molecule has 2 saturated heterocycles. The molecule has 0 aromatic heterocycles. The van der Waals surface area contributed by atoms with Crippen LogP contribution in [0.3, 0.4) is 0 Å². The highest BCUT2D eigenvalue weighted by Gasteiger charge is 2.29. The van der Waals surface area contributed by atoms with E-state index < -0.39 is 0 Å².